The lowest BCUT2D eigenvalue weighted by Crippen LogP contribution is -2.27. The van der Waals surface area contributed by atoms with Crippen molar-refractivity contribution in [3.05, 3.63) is 54.2 Å². The Morgan fingerprint density at radius 1 is 1.36 bits per heavy atom. The van der Waals surface area contributed by atoms with Gasteiger partial charge in [-0.3, -0.25) is 9.36 Å². The number of hydrogen-bond donors (Lipinski definition) is 1. The van der Waals surface area contributed by atoms with Crippen LogP contribution in [0.15, 0.2) is 42.9 Å². The van der Waals surface area contributed by atoms with Crippen molar-refractivity contribution in [3.8, 4) is 0 Å². The molecular formula is C19H16F2N4O3. The number of carbonyl (C=O) groups excluding carboxylic acids is 2. The van der Waals surface area contributed by atoms with Gasteiger partial charge in [0, 0.05) is 18.2 Å². The van der Waals surface area contributed by atoms with Crippen LogP contribution in [0.4, 0.5) is 14.6 Å². The van der Waals surface area contributed by atoms with Crippen LogP contribution in [-0.2, 0) is 9.53 Å². The van der Waals surface area contributed by atoms with Gasteiger partial charge in [0.1, 0.15) is 24.5 Å². The molecule has 28 heavy (non-hydrogen) atoms. The maximum atomic E-state index is 14.9. The van der Waals surface area contributed by atoms with E-state index in [9.17, 15) is 18.4 Å². The molecular weight excluding hydrogens is 370 g/mol. The van der Waals surface area contributed by atoms with Gasteiger partial charge in [-0.1, -0.05) is 18.2 Å². The Balaban J connectivity index is 1.74. The summed E-state index contributed by atoms with van der Waals surface area (Å²) in [5.74, 6) is -1.25. The van der Waals surface area contributed by atoms with Crippen molar-refractivity contribution in [2.75, 3.05) is 5.32 Å². The van der Waals surface area contributed by atoms with Crippen LogP contribution >= 0.6 is 0 Å². The van der Waals surface area contributed by atoms with E-state index in [1.807, 2.05) is 0 Å². The van der Waals surface area contributed by atoms with Crippen molar-refractivity contribution in [3.63, 3.8) is 0 Å². The smallest absolute Gasteiger partial charge is 0.256 e. The number of carbonyl (C=O) groups is 2. The fourth-order valence-corrected chi connectivity index (χ4v) is 3.37. The molecule has 3 heterocycles. The van der Waals surface area contributed by atoms with E-state index in [2.05, 4.69) is 15.3 Å². The second kappa shape index (κ2) is 6.75. The lowest BCUT2D eigenvalue weighted by molar-refractivity contribution is -0.120. The van der Waals surface area contributed by atoms with Crippen LogP contribution in [0.1, 0.15) is 29.9 Å². The van der Waals surface area contributed by atoms with Crippen LogP contribution in [0.25, 0.3) is 11.0 Å². The molecule has 1 aromatic carbocycles. The zero-order chi connectivity index (χ0) is 19.9. The van der Waals surface area contributed by atoms with E-state index in [0.717, 1.165) is 12.5 Å². The Labute approximate surface area is 158 Å². The zero-order valence-corrected chi connectivity index (χ0v) is 14.8. The van der Waals surface area contributed by atoms with Crippen LogP contribution in [0, 0.1) is 5.82 Å². The first-order valence-electron chi connectivity index (χ1n) is 8.58. The minimum atomic E-state index is -1.90. The minimum Gasteiger partial charge on any atom is -0.344 e. The second-order valence-corrected chi connectivity index (χ2v) is 6.77. The topological polar surface area (TPSA) is 86.1 Å². The molecule has 1 amide bonds. The highest BCUT2D eigenvalue weighted by Gasteiger charge is 2.47. The average Bonchev–Trinajstić information content (AvgIpc) is 3.18. The third kappa shape index (κ3) is 3.03. The highest BCUT2D eigenvalue weighted by Crippen LogP contribution is 2.42. The number of halogens is 2. The Morgan fingerprint density at radius 2 is 2.11 bits per heavy atom. The maximum absolute atomic E-state index is 14.9. The lowest BCUT2D eigenvalue weighted by atomic mass is 10.0. The number of ether oxygens (including phenoxy) is 1. The number of nitrogens with zero attached hydrogens (tertiary/aromatic N) is 3. The van der Waals surface area contributed by atoms with Gasteiger partial charge in [0.05, 0.1) is 5.39 Å². The van der Waals surface area contributed by atoms with Crippen LogP contribution in [0.2, 0.25) is 0 Å². The standard InChI is InChI=1S/C19H16F2N4O3/c1-19(21)7-12(9-26)28-18(19)25-8-13(20)14-15(22-10-23-16(14)25)24-17(27)11-5-3-2-4-6-11/h2-6,8-10,12,18H,7H2,1H3,(H,22,23,24,27)/t12-,18+,19+/m0/s1. The quantitative estimate of drug-likeness (QED) is 0.697. The SMILES string of the molecule is C[C@@]1(F)C[C@@H](C=O)O[C@H]1n1cc(F)c2c(NC(=O)c3ccccc3)ncnc21. The number of benzene rings is 1. The molecule has 0 spiro atoms. The summed E-state index contributed by atoms with van der Waals surface area (Å²) in [7, 11) is 0. The number of rotatable bonds is 4. The molecule has 7 nitrogen and oxygen atoms in total. The number of alkyl halides is 1. The first kappa shape index (κ1) is 18.2. The van der Waals surface area contributed by atoms with Crippen LogP contribution in [0.3, 0.4) is 0 Å². The number of amides is 1. The summed E-state index contributed by atoms with van der Waals surface area (Å²) >= 11 is 0. The molecule has 3 atom stereocenters. The summed E-state index contributed by atoms with van der Waals surface area (Å²) < 4.78 is 36.2. The normalized spacial score (nSPS) is 24.4. The second-order valence-electron chi connectivity index (χ2n) is 6.77. The molecule has 9 heteroatoms. The van der Waals surface area contributed by atoms with Crippen molar-refractivity contribution in [2.24, 2.45) is 0 Å². The van der Waals surface area contributed by atoms with E-state index < -0.39 is 29.7 Å². The predicted molar refractivity (Wildman–Crippen MR) is 96.0 cm³/mol. The van der Waals surface area contributed by atoms with Crippen LogP contribution in [-0.4, -0.2) is 38.5 Å². The summed E-state index contributed by atoms with van der Waals surface area (Å²) in [4.78, 5) is 31.4. The Hall–Kier alpha value is -3.20. The van der Waals surface area contributed by atoms with E-state index in [0.29, 0.717) is 11.8 Å². The van der Waals surface area contributed by atoms with Crippen molar-refractivity contribution < 1.29 is 23.1 Å². The molecule has 1 N–H and O–H groups in total. The molecule has 144 valence electrons. The monoisotopic (exact) mass is 386 g/mol. The fraction of sp³-hybridized carbons (Fsp3) is 0.263. The van der Waals surface area contributed by atoms with Gasteiger partial charge in [-0.05, 0) is 19.1 Å². The first-order chi connectivity index (χ1) is 13.4. The van der Waals surface area contributed by atoms with E-state index in [-0.39, 0.29) is 23.3 Å². The Kier molecular flexibility index (Phi) is 4.38. The van der Waals surface area contributed by atoms with Gasteiger partial charge in [0.25, 0.3) is 5.91 Å². The van der Waals surface area contributed by atoms with Gasteiger partial charge in [0.15, 0.2) is 23.4 Å². The molecule has 1 aliphatic heterocycles. The van der Waals surface area contributed by atoms with Crippen LogP contribution in [0.5, 0.6) is 0 Å². The van der Waals surface area contributed by atoms with Crippen molar-refractivity contribution in [2.45, 2.75) is 31.3 Å². The fourth-order valence-electron chi connectivity index (χ4n) is 3.37. The zero-order valence-electron chi connectivity index (χ0n) is 14.8. The van der Waals surface area contributed by atoms with Gasteiger partial charge in [-0.15, -0.1) is 0 Å². The molecule has 1 aliphatic rings. The van der Waals surface area contributed by atoms with Gasteiger partial charge in [0.2, 0.25) is 0 Å². The number of hydrogen-bond acceptors (Lipinski definition) is 5. The summed E-state index contributed by atoms with van der Waals surface area (Å²) in [6, 6.07) is 8.38. The van der Waals surface area contributed by atoms with Crippen molar-refractivity contribution in [1.29, 1.82) is 0 Å². The minimum absolute atomic E-state index is 0.0411. The van der Waals surface area contributed by atoms with Crippen LogP contribution < -0.4 is 5.32 Å². The van der Waals surface area contributed by atoms with E-state index in [1.165, 1.54) is 11.5 Å². The molecule has 0 aliphatic carbocycles. The van der Waals surface area contributed by atoms with E-state index >= 15 is 0 Å². The number of aldehydes is 1. The molecule has 0 radical (unpaired) electrons. The maximum Gasteiger partial charge on any atom is 0.256 e. The number of fused-ring (bicyclic) bond motifs is 1. The summed E-state index contributed by atoms with van der Waals surface area (Å²) in [6.07, 6.45) is 0.376. The highest BCUT2D eigenvalue weighted by atomic mass is 19.1. The van der Waals surface area contributed by atoms with Gasteiger partial charge < -0.3 is 14.8 Å². The number of aromatic nitrogens is 3. The molecule has 3 aromatic rings. The number of nitrogens with one attached hydrogen (secondary N) is 1. The lowest BCUT2D eigenvalue weighted by Gasteiger charge is -2.22. The first-order valence-corrected chi connectivity index (χ1v) is 8.58. The van der Waals surface area contributed by atoms with Crippen molar-refractivity contribution in [1.82, 2.24) is 14.5 Å². The molecule has 1 fully saturated rings. The third-order valence-corrected chi connectivity index (χ3v) is 4.65. The van der Waals surface area contributed by atoms with Crippen molar-refractivity contribution >= 4 is 29.0 Å². The van der Waals surface area contributed by atoms with E-state index in [1.54, 1.807) is 30.3 Å². The molecule has 4 rings (SSSR count). The predicted octanol–water partition coefficient (Wildman–Crippen LogP) is 3.04. The summed E-state index contributed by atoms with van der Waals surface area (Å²) in [5, 5.41) is 2.48. The van der Waals surface area contributed by atoms with E-state index in [4.69, 9.17) is 4.74 Å². The summed E-state index contributed by atoms with van der Waals surface area (Å²) in [6.45, 7) is 1.28. The average molecular weight is 386 g/mol. The molecule has 1 saturated heterocycles. The molecule has 2 aromatic heterocycles. The highest BCUT2D eigenvalue weighted by molar-refractivity contribution is 6.07. The largest absolute Gasteiger partial charge is 0.344 e. The molecule has 0 saturated carbocycles. The third-order valence-electron chi connectivity index (χ3n) is 4.65. The number of anilines is 1. The molecule has 0 bridgehead atoms. The van der Waals surface area contributed by atoms with Gasteiger partial charge >= 0.3 is 0 Å². The Bertz CT molecular complexity index is 1050. The van der Waals surface area contributed by atoms with Gasteiger partial charge in [-0.2, -0.15) is 0 Å². The Morgan fingerprint density at radius 3 is 2.79 bits per heavy atom. The van der Waals surface area contributed by atoms with Gasteiger partial charge in [-0.25, -0.2) is 18.7 Å². The molecule has 0 unspecified atom stereocenters. The summed E-state index contributed by atoms with van der Waals surface area (Å²) in [5.41, 5.74) is -1.47.